The Kier molecular flexibility index (Phi) is 6.84. The Morgan fingerprint density at radius 1 is 1.17 bits per heavy atom. The van der Waals surface area contributed by atoms with Gasteiger partial charge in [-0.15, -0.1) is 10.2 Å². The van der Waals surface area contributed by atoms with Gasteiger partial charge in [-0.1, -0.05) is 46.8 Å². The summed E-state index contributed by atoms with van der Waals surface area (Å²) in [6.45, 7) is 1.52. The van der Waals surface area contributed by atoms with Crippen molar-refractivity contribution in [3.05, 3.63) is 58.9 Å². The molecule has 1 atom stereocenters. The molecule has 12 heteroatoms. The molecular formula is C18H13ClF4N4OS2. The van der Waals surface area contributed by atoms with Crippen LogP contribution in [0, 0.1) is 5.82 Å². The average Bonchev–Trinajstić information content (AvgIpc) is 3.11. The third-order valence-corrected chi connectivity index (χ3v) is 5.97. The lowest BCUT2D eigenvalue weighted by molar-refractivity contribution is -0.137. The lowest BCUT2D eigenvalue weighted by Crippen LogP contribution is -2.24. The summed E-state index contributed by atoms with van der Waals surface area (Å²) >= 11 is 7.74. The van der Waals surface area contributed by atoms with Crippen LogP contribution in [0.15, 0.2) is 46.8 Å². The van der Waals surface area contributed by atoms with Crippen LogP contribution in [0.5, 0.6) is 0 Å². The van der Waals surface area contributed by atoms with E-state index in [-0.39, 0.29) is 16.4 Å². The number of hydrogen-bond donors (Lipinski definition) is 2. The second-order valence-corrected chi connectivity index (χ2v) is 8.92. The number of nitrogens with zero attached hydrogens (tertiary/aromatic N) is 2. The van der Waals surface area contributed by atoms with Crippen molar-refractivity contribution in [2.75, 3.05) is 10.6 Å². The standard InChI is InChI=1S/C18H13ClF4N4OS2/c1-9(15(28)24-13-7-6-10(19)8-11(13)18(21,22)23)29-17-27-26-16(30-17)25-14-5-3-2-4-12(14)20/h2-9H,1H3,(H,24,28)(H,25,26). The smallest absolute Gasteiger partial charge is 0.328 e. The number of para-hydroxylation sites is 1. The van der Waals surface area contributed by atoms with E-state index in [4.69, 9.17) is 11.6 Å². The molecule has 0 radical (unpaired) electrons. The molecule has 1 heterocycles. The molecule has 3 aromatic rings. The number of benzene rings is 2. The molecule has 2 N–H and O–H groups in total. The zero-order chi connectivity index (χ0) is 21.9. The number of nitrogens with one attached hydrogen (secondary N) is 2. The molecule has 0 saturated carbocycles. The van der Waals surface area contributed by atoms with Gasteiger partial charge >= 0.3 is 6.18 Å². The summed E-state index contributed by atoms with van der Waals surface area (Å²) in [4.78, 5) is 12.4. The van der Waals surface area contributed by atoms with Crippen molar-refractivity contribution in [2.24, 2.45) is 0 Å². The van der Waals surface area contributed by atoms with Gasteiger partial charge in [0.15, 0.2) is 4.34 Å². The second-order valence-electron chi connectivity index (χ2n) is 5.91. The number of thioether (sulfide) groups is 1. The summed E-state index contributed by atoms with van der Waals surface area (Å²) in [6, 6.07) is 9.13. The fourth-order valence-electron chi connectivity index (χ4n) is 2.28. The zero-order valence-electron chi connectivity index (χ0n) is 15.1. The number of carbonyl (C=O) groups is 1. The molecule has 1 amide bonds. The van der Waals surface area contributed by atoms with Crippen molar-refractivity contribution < 1.29 is 22.4 Å². The van der Waals surface area contributed by atoms with Crippen molar-refractivity contribution in [3.8, 4) is 0 Å². The monoisotopic (exact) mass is 476 g/mol. The van der Waals surface area contributed by atoms with E-state index in [1.807, 2.05) is 0 Å². The highest BCUT2D eigenvalue weighted by atomic mass is 35.5. The minimum Gasteiger partial charge on any atom is -0.328 e. The van der Waals surface area contributed by atoms with Crippen LogP contribution in [0.3, 0.4) is 0 Å². The molecule has 0 spiro atoms. The molecule has 0 aliphatic heterocycles. The maximum Gasteiger partial charge on any atom is 0.418 e. The maximum atomic E-state index is 13.7. The first-order chi connectivity index (χ1) is 14.1. The summed E-state index contributed by atoms with van der Waals surface area (Å²) in [5.74, 6) is -1.11. The first-order valence-corrected chi connectivity index (χ1v) is 10.4. The highest BCUT2D eigenvalue weighted by Gasteiger charge is 2.34. The van der Waals surface area contributed by atoms with Gasteiger partial charge in [-0.05, 0) is 37.3 Å². The van der Waals surface area contributed by atoms with Gasteiger partial charge in [-0.2, -0.15) is 13.2 Å². The van der Waals surface area contributed by atoms with Crippen LogP contribution in [0.25, 0.3) is 0 Å². The number of carbonyl (C=O) groups excluding carboxylic acids is 1. The Morgan fingerprint density at radius 3 is 2.60 bits per heavy atom. The van der Waals surface area contributed by atoms with Gasteiger partial charge in [0.1, 0.15) is 5.82 Å². The van der Waals surface area contributed by atoms with E-state index >= 15 is 0 Å². The quantitative estimate of drug-likeness (QED) is 0.327. The average molecular weight is 477 g/mol. The Morgan fingerprint density at radius 2 is 1.90 bits per heavy atom. The van der Waals surface area contributed by atoms with E-state index in [0.29, 0.717) is 9.47 Å². The van der Waals surface area contributed by atoms with Crippen molar-refractivity contribution in [3.63, 3.8) is 0 Å². The largest absolute Gasteiger partial charge is 0.418 e. The summed E-state index contributed by atoms with van der Waals surface area (Å²) in [6.07, 6.45) is -4.67. The van der Waals surface area contributed by atoms with E-state index in [0.717, 1.165) is 35.2 Å². The van der Waals surface area contributed by atoms with E-state index < -0.39 is 28.7 Å². The SMILES string of the molecule is CC(Sc1nnc(Nc2ccccc2F)s1)C(=O)Nc1ccc(Cl)cc1C(F)(F)F. The summed E-state index contributed by atoms with van der Waals surface area (Å²) in [5.41, 5.74) is -1.20. The van der Waals surface area contributed by atoms with E-state index in [2.05, 4.69) is 20.8 Å². The summed E-state index contributed by atoms with van der Waals surface area (Å²) in [7, 11) is 0. The van der Waals surface area contributed by atoms with Gasteiger partial charge in [0.05, 0.1) is 22.2 Å². The molecule has 5 nitrogen and oxygen atoms in total. The van der Waals surface area contributed by atoms with Crippen LogP contribution < -0.4 is 10.6 Å². The fourth-order valence-corrected chi connectivity index (χ4v) is 4.37. The highest BCUT2D eigenvalue weighted by molar-refractivity contribution is 8.02. The molecule has 0 aliphatic carbocycles. The highest BCUT2D eigenvalue weighted by Crippen LogP contribution is 2.37. The van der Waals surface area contributed by atoms with E-state index in [1.54, 1.807) is 12.1 Å². The third kappa shape index (κ3) is 5.61. The number of aromatic nitrogens is 2. The number of halogens is 5. The number of amides is 1. The molecule has 1 unspecified atom stereocenters. The summed E-state index contributed by atoms with van der Waals surface area (Å²) in [5, 5.41) is 12.3. The van der Waals surface area contributed by atoms with Crippen LogP contribution in [-0.2, 0) is 11.0 Å². The maximum absolute atomic E-state index is 13.7. The van der Waals surface area contributed by atoms with Gasteiger partial charge in [0.25, 0.3) is 0 Å². The zero-order valence-corrected chi connectivity index (χ0v) is 17.5. The predicted octanol–water partition coefficient (Wildman–Crippen LogP) is 6.21. The number of rotatable bonds is 6. The van der Waals surface area contributed by atoms with Crippen LogP contribution in [0.1, 0.15) is 12.5 Å². The number of anilines is 3. The number of hydrogen-bond acceptors (Lipinski definition) is 6. The summed E-state index contributed by atoms with van der Waals surface area (Å²) < 4.78 is 53.6. The molecule has 0 fully saturated rings. The third-order valence-electron chi connectivity index (χ3n) is 3.71. The number of alkyl halides is 3. The Hall–Kier alpha value is -2.37. The van der Waals surface area contributed by atoms with Gasteiger partial charge < -0.3 is 10.6 Å². The first-order valence-electron chi connectivity index (χ1n) is 8.33. The van der Waals surface area contributed by atoms with Crippen molar-refractivity contribution >= 4 is 57.1 Å². The van der Waals surface area contributed by atoms with E-state index in [9.17, 15) is 22.4 Å². The molecule has 0 bridgehead atoms. The molecule has 158 valence electrons. The normalized spacial score (nSPS) is 12.5. The molecular weight excluding hydrogens is 464 g/mol. The predicted molar refractivity (Wildman–Crippen MR) is 110 cm³/mol. The van der Waals surface area contributed by atoms with Crippen LogP contribution in [0.4, 0.5) is 34.1 Å². The fraction of sp³-hybridized carbons (Fsp3) is 0.167. The second kappa shape index (κ2) is 9.19. The van der Waals surface area contributed by atoms with Gasteiger partial charge in [0, 0.05) is 5.02 Å². The minimum absolute atomic E-state index is 0.0912. The minimum atomic E-state index is -4.67. The van der Waals surface area contributed by atoms with E-state index in [1.165, 1.54) is 25.1 Å². The molecule has 2 aromatic carbocycles. The van der Waals surface area contributed by atoms with Crippen LogP contribution in [0.2, 0.25) is 5.02 Å². The first kappa shape index (κ1) is 22.3. The topological polar surface area (TPSA) is 66.9 Å². The molecule has 30 heavy (non-hydrogen) atoms. The molecule has 0 saturated heterocycles. The Labute approximate surface area is 181 Å². The van der Waals surface area contributed by atoms with Gasteiger partial charge in [-0.3, -0.25) is 4.79 Å². The Balaban J connectivity index is 1.66. The molecule has 1 aromatic heterocycles. The van der Waals surface area contributed by atoms with Crippen molar-refractivity contribution in [1.82, 2.24) is 10.2 Å². The van der Waals surface area contributed by atoms with Crippen molar-refractivity contribution in [1.29, 1.82) is 0 Å². The van der Waals surface area contributed by atoms with Crippen LogP contribution >= 0.6 is 34.7 Å². The Bertz CT molecular complexity index is 1060. The molecule has 3 rings (SSSR count). The van der Waals surface area contributed by atoms with Gasteiger partial charge in [-0.25, -0.2) is 4.39 Å². The lowest BCUT2D eigenvalue weighted by atomic mass is 10.1. The lowest BCUT2D eigenvalue weighted by Gasteiger charge is -2.16. The van der Waals surface area contributed by atoms with Gasteiger partial charge in [0.2, 0.25) is 11.0 Å². The van der Waals surface area contributed by atoms with Crippen LogP contribution in [-0.4, -0.2) is 21.4 Å². The van der Waals surface area contributed by atoms with Crippen molar-refractivity contribution in [2.45, 2.75) is 22.7 Å². The molecule has 0 aliphatic rings.